The van der Waals surface area contributed by atoms with E-state index in [0.717, 1.165) is 51.6 Å². The number of nitrogens with one attached hydrogen (secondary N) is 4. The van der Waals surface area contributed by atoms with Gasteiger partial charge < -0.3 is 46.1 Å². The summed E-state index contributed by atoms with van der Waals surface area (Å²) in [6.07, 6.45) is 7.50. The fourth-order valence-corrected chi connectivity index (χ4v) is 7.01. The topological polar surface area (TPSA) is 190 Å². The second-order valence-corrected chi connectivity index (χ2v) is 12.4. The van der Waals surface area contributed by atoms with E-state index in [1.54, 1.807) is 10.9 Å². The van der Waals surface area contributed by atoms with Crippen molar-refractivity contribution < 1.29 is 24.9 Å². The van der Waals surface area contributed by atoms with Gasteiger partial charge in [0.15, 0.2) is 17.0 Å². The van der Waals surface area contributed by atoms with Gasteiger partial charge in [-0.25, -0.2) is 4.98 Å². The second kappa shape index (κ2) is 12.7. The molecule has 0 aromatic carbocycles. The van der Waals surface area contributed by atoms with Crippen molar-refractivity contribution in [3.05, 3.63) is 6.33 Å². The third-order valence-corrected chi connectivity index (χ3v) is 9.33. The van der Waals surface area contributed by atoms with Crippen LogP contribution in [0.5, 0.6) is 0 Å². The maximum atomic E-state index is 12.7. The molecule has 2 saturated carbocycles. The van der Waals surface area contributed by atoms with E-state index in [1.165, 1.54) is 6.42 Å². The Hall–Kier alpha value is -3.07. The molecule has 2 aliphatic heterocycles. The maximum absolute atomic E-state index is 12.7. The number of aliphatic hydroxyl groups excluding tert-OH is 3. The van der Waals surface area contributed by atoms with Gasteiger partial charge in [0.1, 0.15) is 18.8 Å². The molecule has 4 fully saturated rings. The molecular formula is C28H43N9O5. The minimum Gasteiger partial charge on any atom is -0.388 e. The summed E-state index contributed by atoms with van der Waals surface area (Å²) in [6, 6.07) is -1.02. The molecule has 2 saturated heterocycles. The Morgan fingerprint density at radius 1 is 1.00 bits per heavy atom. The van der Waals surface area contributed by atoms with E-state index in [2.05, 4.69) is 31.2 Å². The Balaban J connectivity index is 1.24. The average molecular weight is 586 g/mol. The van der Waals surface area contributed by atoms with Crippen molar-refractivity contribution in [3.63, 3.8) is 0 Å². The van der Waals surface area contributed by atoms with Crippen LogP contribution in [0.25, 0.3) is 11.2 Å². The van der Waals surface area contributed by atoms with E-state index in [0.29, 0.717) is 48.4 Å². The molecule has 2 aromatic rings. The van der Waals surface area contributed by atoms with Crippen LogP contribution in [0, 0.1) is 5.92 Å². The Kier molecular flexibility index (Phi) is 8.75. The minimum atomic E-state index is -1.20. The third kappa shape index (κ3) is 6.17. The summed E-state index contributed by atoms with van der Waals surface area (Å²) >= 11 is 0. The zero-order chi connectivity index (χ0) is 29.2. The van der Waals surface area contributed by atoms with Crippen LogP contribution in [0.15, 0.2) is 6.33 Å². The summed E-state index contributed by atoms with van der Waals surface area (Å²) in [5.41, 5.74) is 1.12. The highest BCUT2D eigenvalue weighted by Crippen LogP contribution is 2.35. The first kappa shape index (κ1) is 29.0. The highest BCUT2D eigenvalue weighted by Gasteiger charge is 2.44. The number of carbonyl (C=O) groups is 2. The zero-order valence-electron chi connectivity index (χ0n) is 23.9. The van der Waals surface area contributed by atoms with Crippen LogP contribution in [0.4, 0.5) is 11.8 Å². The van der Waals surface area contributed by atoms with Crippen LogP contribution in [-0.2, 0) is 9.59 Å². The highest BCUT2D eigenvalue weighted by molar-refractivity contribution is 5.85. The summed E-state index contributed by atoms with van der Waals surface area (Å²) in [4.78, 5) is 41.0. The zero-order valence-corrected chi connectivity index (χ0v) is 23.9. The van der Waals surface area contributed by atoms with Crippen molar-refractivity contribution in [3.8, 4) is 0 Å². The van der Waals surface area contributed by atoms with Gasteiger partial charge in [0.05, 0.1) is 18.4 Å². The van der Waals surface area contributed by atoms with Crippen LogP contribution in [0.2, 0.25) is 0 Å². The first-order valence-electron chi connectivity index (χ1n) is 15.4. The molecule has 2 aromatic heterocycles. The van der Waals surface area contributed by atoms with E-state index >= 15 is 0 Å². The predicted molar refractivity (Wildman–Crippen MR) is 155 cm³/mol. The first-order valence-corrected chi connectivity index (χ1v) is 15.4. The summed E-state index contributed by atoms with van der Waals surface area (Å²) in [5.74, 6) is 1.03. The number of rotatable bonds is 9. The number of anilines is 2. The summed E-state index contributed by atoms with van der Waals surface area (Å²) < 4.78 is 1.76. The van der Waals surface area contributed by atoms with E-state index in [4.69, 9.17) is 15.1 Å². The predicted octanol–water partition coefficient (Wildman–Crippen LogP) is -0.591. The molecule has 230 valence electrons. The lowest BCUT2D eigenvalue weighted by atomic mass is 9.95. The molecule has 6 atom stereocenters. The number of aromatic nitrogens is 4. The average Bonchev–Trinajstić information content (AvgIpc) is 3.80. The molecule has 7 N–H and O–H groups in total. The summed E-state index contributed by atoms with van der Waals surface area (Å²) in [6.45, 7) is 2.46. The molecule has 2 aliphatic carbocycles. The lowest BCUT2D eigenvalue weighted by Gasteiger charge is -2.25. The normalized spacial score (nSPS) is 30.2. The molecule has 6 rings (SSSR count). The molecule has 4 aliphatic rings. The number of aliphatic hydroxyl groups is 3. The quantitative estimate of drug-likeness (QED) is 0.199. The SMILES string of the molecule is O=C(CC1CCNC1)N[C@@H]1CCN(c2nc(NC3CCCCC3)c3ncn([C@@H]4C[C@H](NC(=O)CO)[C@@H](O)[C@H]4O)c3n2)C1. The van der Waals surface area contributed by atoms with Gasteiger partial charge in [-0.1, -0.05) is 19.3 Å². The molecule has 0 radical (unpaired) electrons. The minimum absolute atomic E-state index is 0.00789. The molecule has 2 amide bonds. The number of imidazole rings is 1. The van der Waals surface area contributed by atoms with E-state index in [9.17, 15) is 19.8 Å². The van der Waals surface area contributed by atoms with E-state index in [1.807, 2.05) is 0 Å². The molecular weight excluding hydrogens is 542 g/mol. The summed E-state index contributed by atoms with van der Waals surface area (Å²) in [5, 5.41) is 43.5. The van der Waals surface area contributed by atoms with Crippen LogP contribution in [0.1, 0.15) is 63.8 Å². The molecule has 0 bridgehead atoms. The molecule has 0 spiro atoms. The van der Waals surface area contributed by atoms with Crippen LogP contribution >= 0.6 is 0 Å². The van der Waals surface area contributed by atoms with Crippen LogP contribution in [0.3, 0.4) is 0 Å². The van der Waals surface area contributed by atoms with E-state index < -0.39 is 36.8 Å². The van der Waals surface area contributed by atoms with Crippen molar-refractivity contribution >= 4 is 34.7 Å². The van der Waals surface area contributed by atoms with Crippen LogP contribution < -0.4 is 26.2 Å². The van der Waals surface area contributed by atoms with Gasteiger partial charge in [-0.2, -0.15) is 9.97 Å². The van der Waals surface area contributed by atoms with E-state index in [-0.39, 0.29) is 24.4 Å². The second-order valence-electron chi connectivity index (χ2n) is 12.4. The number of fused-ring (bicyclic) bond motifs is 1. The lowest BCUT2D eigenvalue weighted by molar-refractivity contribution is -0.125. The first-order chi connectivity index (χ1) is 20.4. The fourth-order valence-electron chi connectivity index (χ4n) is 7.01. The standard InChI is InChI=1S/C28H43N9O5/c38-14-22(40)33-19-11-20(25(42)24(19)41)37-15-30-23-26(32-17-4-2-1-3-5-17)34-28(35-27(23)37)36-9-7-18(13-36)31-21(39)10-16-6-8-29-12-16/h15-20,24-25,29,38,41-42H,1-14H2,(H,31,39)(H,33,40)(H,32,34,35)/t16?,18-,19+,20-,24-,25+/m1/s1. The molecule has 14 heteroatoms. The lowest BCUT2D eigenvalue weighted by Crippen LogP contribution is -2.44. The largest absolute Gasteiger partial charge is 0.388 e. The number of hydrogen-bond acceptors (Lipinski definition) is 11. The molecule has 1 unspecified atom stereocenters. The maximum Gasteiger partial charge on any atom is 0.246 e. The fraction of sp³-hybridized carbons (Fsp3) is 0.750. The van der Waals surface area contributed by atoms with Gasteiger partial charge in [0, 0.05) is 31.6 Å². The van der Waals surface area contributed by atoms with Gasteiger partial charge in [0.25, 0.3) is 0 Å². The molecule has 42 heavy (non-hydrogen) atoms. The van der Waals surface area contributed by atoms with Gasteiger partial charge in [-0.05, 0) is 51.1 Å². The Bertz CT molecular complexity index is 1260. The number of nitrogens with zero attached hydrogens (tertiary/aromatic N) is 5. The van der Waals surface area contributed by atoms with Gasteiger partial charge in [-0.15, -0.1) is 0 Å². The smallest absolute Gasteiger partial charge is 0.246 e. The highest BCUT2D eigenvalue weighted by atomic mass is 16.3. The number of hydrogen-bond donors (Lipinski definition) is 7. The van der Waals surface area contributed by atoms with Crippen molar-refractivity contribution in [2.24, 2.45) is 5.92 Å². The molecule has 4 heterocycles. The number of amides is 2. The Labute approximate surface area is 244 Å². The van der Waals surface area contributed by atoms with Gasteiger partial charge in [0.2, 0.25) is 17.8 Å². The van der Waals surface area contributed by atoms with Crippen LogP contribution in [-0.4, -0.2) is 110 Å². The molecule has 14 nitrogen and oxygen atoms in total. The van der Waals surface area contributed by atoms with Gasteiger partial charge in [-0.3, -0.25) is 9.59 Å². The van der Waals surface area contributed by atoms with Crippen molar-refractivity contribution in [1.29, 1.82) is 0 Å². The monoisotopic (exact) mass is 585 g/mol. The third-order valence-electron chi connectivity index (χ3n) is 9.33. The van der Waals surface area contributed by atoms with Crippen molar-refractivity contribution in [2.45, 2.75) is 94.2 Å². The summed E-state index contributed by atoms with van der Waals surface area (Å²) in [7, 11) is 0. The Morgan fingerprint density at radius 2 is 1.83 bits per heavy atom. The van der Waals surface area contributed by atoms with Crippen molar-refractivity contribution in [2.75, 3.05) is 43.0 Å². The van der Waals surface area contributed by atoms with Gasteiger partial charge >= 0.3 is 0 Å². The van der Waals surface area contributed by atoms with Crippen molar-refractivity contribution in [1.82, 2.24) is 35.5 Å². The Morgan fingerprint density at radius 3 is 2.60 bits per heavy atom. The number of carbonyl (C=O) groups excluding carboxylic acids is 2.